The van der Waals surface area contributed by atoms with Crippen molar-refractivity contribution in [3.8, 4) is 0 Å². The molecule has 0 aromatic rings. The van der Waals surface area contributed by atoms with E-state index in [1.807, 2.05) is 0 Å². The van der Waals surface area contributed by atoms with Gasteiger partial charge in [-0.2, -0.15) is 25.3 Å². The number of nitrogens with two attached hydrogens (primary N) is 1. The number of aliphatic hydroxyl groups excluding tert-OH is 3. The molecule has 0 heterocycles. The molecule has 0 aliphatic carbocycles. The highest BCUT2D eigenvalue weighted by atomic mass is 32.2. The lowest BCUT2D eigenvalue weighted by molar-refractivity contribution is 0.314. The van der Waals surface area contributed by atoms with Gasteiger partial charge in [0.1, 0.15) is 0 Å². The SMILES string of the molecule is C.C.C.C.C.C.CCO.NCCS(=O)(=O)O.O=S(=O)(O)CCO.O=S(=O)(O)CCO.O=S(=O)=O.O=S(=O)=O. The predicted octanol–water partition coefficient (Wildman–Crippen LogP) is -1.63. The van der Waals surface area contributed by atoms with E-state index in [0.717, 1.165) is 0 Å². The van der Waals surface area contributed by atoms with Gasteiger partial charge in [-0.15, -0.1) is 25.3 Å². The van der Waals surface area contributed by atoms with Gasteiger partial charge in [0.25, 0.3) is 30.4 Å². The maximum atomic E-state index is 9.71. The molecule has 0 atom stereocenters. The number of hydrogen-bond acceptors (Lipinski definition) is 16. The molecule has 0 saturated carbocycles. The van der Waals surface area contributed by atoms with Crippen LogP contribution in [0, 0.1) is 0 Å². The lowest BCUT2D eigenvalue weighted by Crippen LogP contribution is -2.13. The molecule has 0 saturated heterocycles. The summed E-state index contributed by atoms with van der Waals surface area (Å²) >= 11 is 0. The van der Waals surface area contributed by atoms with Crippen molar-refractivity contribution in [1.82, 2.24) is 0 Å². The third kappa shape index (κ3) is 341. The Labute approximate surface area is 231 Å². The van der Waals surface area contributed by atoms with Crippen molar-refractivity contribution in [2.45, 2.75) is 51.5 Å². The largest absolute Gasteiger partial charge is 0.425 e. The fourth-order valence-electron chi connectivity index (χ4n) is 0.380. The highest BCUT2D eigenvalue weighted by molar-refractivity contribution is 7.86. The van der Waals surface area contributed by atoms with Crippen LogP contribution in [0.4, 0.5) is 0 Å². The summed E-state index contributed by atoms with van der Waals surface area (Å²) in [6, 6.07) is 0. The molecular weight excluding hydrogens is 630 g/mol. The van der Waals surface area contributed by atoms with Gasteiger partial charge < -0.3 is 21.1 Å². The molecule has 0 aromatic carbocycles. The zero-order valence-corrected chi connectivity index (χ0v) is 20.2. The molecule has 24 heteroatoms. The summed E-state index contributed by atoms with van der Waals surface area (Å²) in [5.74, 6) is -1.51. The summed E-state index contributed by atoms with van der Waals surface area (Å²) in [5.41, 5.74) is 4.78. The molecule has 0 radical (unpaired) electrons. The third-order valence-corrected chi connectivity index (χ3v) is 3.22. The summed E-state index contributed by atoms with van der Waals surface area (Å²) < 4.78 is 132. The van der Waals surface area contributed by atoms with Gasteiger partial charge in [-0.25, -0.2) is 0 Å². The van der Waals surface area contributed by atoms with E-state index in [0.29, 0.717) is 0 Å². The maximum absolute atomic E-state index is 9.71. The highest BCUT2D eigenvalue weighted by Crippen LogP contribution is 1.76. The normalized spacial score (nSPS) is 8.21. The zero-order valence-electron chi connectivity index (χ0n) is 16.2. The molecule has 0 bridgehead atoms. The maximum Gasteiger partial charge on any atom is 0.425 e. The Balaban J connectivity index is -0.0000000212. The molecule has 0 aliphatic heterocycles. The van der Waals surface area contributed by atoms with E-state index >= 15 is 0 Å². The first-order chi connectivity index (χ1) is 14.1. The van der Waals surface area contributed by atoms with Crippen LogP contribution in [0.2, 0.25) is 0 Å². The first kappa shape index (κ1) is 76.7. The molecule has 0 unspecified atom stereocenters. The van der Waals surface area contributed by atoms with Crippen LogP contribution >= 0.6 is 0 Å². The van der Waals surface area contributed by atoms with Gasteiger partial charge in [0.15, 0.2) is 0 Å². The van der Waals surface area contributed by atoms with E-state index in [1.165, 1.54) is 0 Å². The second-order valence-electron chi connectivity index (χ2n) is 3.82. The summed E-state index contributed by atoms with van der Waals surface area (Å²) in [4.78, 5) is 0. The van der Waals surface area contributed by atoms with Crippen LogP contribution in [0.25, 0.3) is 0 Å². The summed E-state index contributed by atoms with van der Waals surface area (Å²) in [7, 11) is -17.9. The second kappa shape index (κ2) is 48.8. The smallest absolute Gasteiger partial charge is 0.397 e. The minimum atomic E-state index is -3.92. The molecule has 248 valence electrons. The van der Waals surface area contributed by atoms with Crippen LogP contribution in [0.3, 0.4) is 0 Å². The second-order valence-corrected chi connectivity index (χ2v) is 9.35. The van der Waals surface area contributed by atoms with Crippen molar-refractivity contribution in [2.24, 2.45) is 5.73 Å². The summed E-state index contributed by atoms with van der Waals surface area (Å²) in [6.45, 7) is 0.844. The molecular formula is C14H49NO18S5. The van der Waals surface area contributed by atoms with Gasteiger partial charge in [0.05, 0.1) is 30.5 Å². The molecule has 0 aromatic heterocycles. The van der Waals surface area contributed by atoms with Crippen molar-refractivity contribution in [3.63, 3.8) is 0 Å². The average molecular weight is 680 g/mol. The Hall–Kier alpha value is -1.19. The van der Waals surface area contributed by atoms with E-state index in [9.17, 15) is 25.3 Å². The van der Waals surface area contributed by atoms with Crippen LogP contribution in [0.1, 0.15) is 51.5 Å². The van der Waals surface area contributed by atoms with Gasteiger partial charge in [-0.3, -0.25) is 13.7 Å². The molecule has 8 N–H and O–H groups in total. The highest BCUT2D eigenvalue weighted by Gasteiger charge is 2.00. The predicted molar refractivity (Wildman–Crippen MR) is 145 cm³/mol. The lowest BCUT2D eigenvalue weighted by Gasteiger charge is -1.86. The van der Waals surface area contributed by atoms with Crippen LogP contribution in [-0.2, 0) is 51.6 Å². The molecule has 19 nitrogen and oxygen atoms in total. The van der Waals surface area contributed by atoms with Crippen molar-refractivity contribution < 1.29 is 79.5 Å². The van der Waals surface area contributed by atoms with E-state index in [2.05, 4.69) is 0 Å². The Bertz CT molecular complexity index is 818. The van der Waals surface area contributed by atoms with Gasteiger partial charge in [0.2, 0.25) is 0 Å². The van der Waals surface area contributed by atoms with Gasteiger partial charge in [0, 0.05) is 13.2 Å². The molecule has 0 rings (SSSR count). The van der Waals surface area contributed by atoms with Crippen molar-refractivity contribution in [2.75, 3.05) is 43.6 Å². The molecule has 0 amide bonds. The molecule has 0 spiro atoms. The minimum absolute atomic E-state index is 0. The summed E-state index contributed by atoms with van der Waals surface area (Å²) in [6.07, 6.45) is 0. The fourth-order valence-corrected chi connectivity index (χ4v) is 1.14. The Morgan fingerprint density at radius 3 is 0.658 bits per heavy atom. The number of rotatable bonds is 6. The first-order valence-electron chi connectivity index (χ1n) is 6.98. The molecule has 0 fully saturated rings. The minimum Gasteiger partial charge on any atom is -0.397 e. The van der Waals surface area contributed by atoms with E-state index in [1.54, 1.807) is 6.92 Å². The Kier molecular flexibility index (Phi) is 98.5. The van der Waals surface area contributed by atoms with E-state index < -0.39 is 76.3 Å². The van der Waals surface area contributed by atoms with Crippen LogP contribution in [0.15, 0.2) is 0 Å². The third-order valence-electron chi connectivity index (χ3n) is 1.07. The fraction of sp³-hybridized carbons (Fsp3) is 1.00. The van der Waals surface area contributed by atoms with Crippen molar-refractivity contribution in [1.29, 1.82) is 0 Å². The van der Waals surface area contributed by atoms with Crippen LogP contribution < -0.4 is 5.73 Å². The van der Waals surface area contributed by atoms with Gasteiger partial charge in [-0.1, -0.05) is 44.6 Å². The Morgan fingerprint density at radius 2 is 0.658 bits per heavy atom. The monoisotopic (exact) mass is 679 g/mol. The Morgan fingerprint density at radius 1 is 0.526 bits per heavy atom. The van der Waals surface area contributed by atoms with Crippen LogP contribution in [-0.4, -0.2) is 123 Å². The van der Waals surface area contributed by atoms with Gasteiger partial charge >= 0.3 is 21.2 Å². The van der Waals surface area contributed by atoms with Crippen molar-refractivity contribution >= 4 is 51.6 Å². The zero-order chi connectivity index (χ0) is 27.6. The first-order valence-corrected chi connectivity index (χ1v) is 13.8. The summed E-state index contributed by atoms with van der Waals surface area (Å²) in [5, 5.41) is 23.3. The molecule has 38 heavy (non-hydrogen) atoms. The number of hydrogen-bond donors (Lipinski definition) is 7. The average Bonchev–Trinajstić information content (AvgIpc) is 2.44. The topological polar surface area (TPSA) is 352 Å². The standard InChI is InChI=1S/C2H7NO3S.2C2H6O4S.C2H6O.6CH4.2O3S/c3*3-1-2-7(4,5)6;1-2-3;;;;;;;2*1-4(2)3/h1-3H2,(H,4,5,6);2*3H,1-2H2,(H,4,5,6);3H,2H2,1H3;6*1H4;;. The quantitative estimate of drug-likeness (QED) is 0.155. The van der Waals surface area contributed by atoms with E-state index in [-0.39, 0.29) is 63.5 Å². The van der Waals surface area contributed by atoms with Crippen molar-refractivity contribution in [3.05, 3.63) is 0 Å². The number of aliphatic hydroxyl groups is 3. The van der Waals surface area contributed by atoms with E-state index in [4.69, 9.17) is 60.0 Å². The van der Waals surface area contributed by atoms with Crippen LogP contribution in [0.5, 0.6) is 0 Å². The molecule has 0 aliphatic rings. The lowest BCUT2D eigenvalue weighted by atomic mass is 10.8. The van der Waals surface area contributed by atoms with Gasteiger partial charge in [-0.05, 0) is 6.92 Å².